The fraction of sp³-hybridized carbons (Fsp3) is 0.409. The topological polar surface area (TPSA) is 88.4 Å². The Balaban J connectivity index is 1.31. The number of aromatic amines is 1. The Morgan fingerprint density at radius 2 is 2.10 bits per heavy atom. The molecule has 2 aromatic heterocycles. The average molecular weight is 429 g/mol. The fourth-order valence-electron chi connectivity index (χ4n) is 4.17. The van der Waals surface area contributed by atoms with Gasteiger partial charge in [-0.25, -0.2) is 0 Å². The molecule has 0 atom stereocenters. The summed E-state index contributed by atoms with van der Waals surface area (Å²) in [5.74, 6) is 0.170. The summed E-state index contributed by atoms with van der Waals surface area (Å²) in [7, 11) is 0. The third kappa shape index (κ3) is 3.85. The largest absolute Gasteiger partial charge is 0.360 e. The van der Waals surface area contributed by atoms with Crippen LogP contribution in [0.1, 0.15) is 51.6 Å². The van der Waals surface area contributed by atoms with E-state index in [-0.39, 0.29) is 37.0 Å². The first-order valence-electron chi connectivity index (χ1n) is 10.2. The van der Waals surface area contributed by atoms with Gasteiger partial charge in [-0.1, -0.05) is 23.4 Å². The molecule has 1 saturated carbocycles. The second-order valence-corrected chi connectivity index (χ2v) is 8.35. The van der Waals surface area contributed by atoms with Crippen LogP contribution in [0.2, 0.25) is 0 Å². The van der Waals surface area contributed by atoms with Gasteiger partial charge in [-0.3, -0.25) is 9.59 Å². The molecule has 31 heavy (non-hydrogen) atoms. The number of carbonyl (C=O) groups excluding carboxylic acids is 2. The lowest BCUT2D eigenvalue weighted by Crippen LogP contribution is -2.36. The number of rotatable bonds is 7. The van der Waals surface area contributed by atoms with E-state index >= 15 is 0 Å². The van der Waals surface area contributed by atoms with Crippen molar-refractivity contribution in [3.05, 3.63) is 53.0 Å². The van der Waals surface area contributed by atoms with E-state index in [1.807, 2.05) is 30.3 Å². The molecule has 162 valence electrons. The van der Waals surface area contributed by atoms with Crippen LogP contribution < -0.4 is 0 Å². The standard InChI is InChI=1S/C22H21F2N3O4/c23-21(24)30-12-22(6-7-22)10-17(28)19-14-11-27(8-5-18(14)31-26-19)20(29)16-9-13-3-1-2-4-15(13)25-16/h1-4,9,21,25H,5-8,10-12H2. The molecule has 1 N–H and O–H groups in total. The van der Waals surface area contributed by atoms with Gasteiger partial charge in [0.2, 0.25) is 0 Å². The summed E-state index contributed by atoms with van der Waals surface area (Å²) >= 11 is 0. The molecule has 0 bridgehead atoms. The van der Waals surface area contributed by atoms with Crippen LogP contribution in [-0.4, -0.2) is 46.5 Å². The molecule has 0 spiro atoms. The lowest BCUT2D eigenvalue weighted by molar-refractivity contribution is -0.140. The maximum atomic E-state index is 13.0. The first kappa shape index (κ1) is 19.9. The zero-order valence-electron chi connectivity index (χ0n) is 16.7. The third-order valence-electron chi connectivity index (χ3n) is 6.15. The third-order valence-corrected chi connectivity index (χ3v) is 6.15. The molecular formula is C22H21F2N3O4. The summed E-state index contributed by atoms with van der Waals surface area (Å²) in [6, 6.07) is 9.45. The maximum Gasteiger partial charge on any atom is 0.345 e. The Hall–Kier alpha value is -3.07. The number of Topliss-reactive ketones (excluding diaryl/α,β-unsaturated/α-hetero) is 1. The van der Waals surface area contributed by atoms with Crippen molar-refractivity contribution in [3.8, 4) is 0 Å². The molecule has 1 aromatic carbocycles. The number of para-hydroxylation sites is 1. The quantitative estimate of drug-likeness (QED) is 0.575. The highest BCUT2D eigenvalue weighted by atomic mass is 19.3. The highest BCUT2D eigenvalue weighted by Crippen LogP contribution is 2.50. The van der Waals surface area contributed by atoms with Crippen LogP contribution in [0.3, 0.4) is 0 Å². The molecule has 0 radical (unpaired) electrons. The average Bonchev–Trinajstić information content (AvgIpc) is 3.20. The number of aromatic nitrogens is 2. The number of ether oxygens (including phenoxy) is 1. The van der Waals surface area contributed by atoms with Crippen molar-refractivity contribution in [1.82, 2.24) is 15.0 Å². The van der Waals surface area contributed by atoms with Crippen molar-refractivity contribution in [1.29, 1.82) is 0 Å². The Kier molecular flexibility index (Phi) is 4.85. The SMILES string of the molecule is O=C(CC1(COC(F)F)CC1)c1noc2c1CN(C(=O)c1cc3ccccc3[nH]1)CC2. The van der Waals surface area contributed by atoms with E-state index < -0.39 is 12.0 Å². The summed E-state index contributed by atoms with van der Waals surface area (Å²) in [6.07, 6.45) is 1.86. The molecule has 5 rings (SSSR count). The molecule has 0 unspecified atom stereocenters. The van der Waals surface area contributed by atoms with Gasteiger partial charge >= 0.3 is 6.61 Å². The van der Waals surface area contributed by atoms with Crippen molar-refractivity contribution in [2.75, 3.05) is 13.2 Å². The number of nitrogens with one attached hydrogen (secondary N) is 1. The number of hydrogen-bond acceptors (Lipinski definition) is 5. The van der Waals surface area contributed by atoms with E-state index in [1.54, 1.807) is 4.90 Å². The second-order valence-electron chi connectivity index (χ2n) is 8.35. The zero-order valence-corrected chi connectivity index (χ0v) is 16.7. The van der Waals surface area contributed by atoms with Gasteiger partial charge in [0.15, 0.2) is 11.5 Å². The number of hydrogen-bond donors (Lipinski definition) is 1. The van der Waals surface area contributed by atoms with Crippen molar-refractivity contribution in [2.45, 2.75) is 38.8 Å². The first-order chi connectivity index (χ1) is 14.9. The predicted molar refractivity (Wildman–Crippen MR) is 106 cm³/mol. The van der Waals surface area contributed by atoms with Crippen LogP contribution in [0.5, 0.6) is 0 Å². The number of alkyl halides is 2. The molecule has 9 heteroatoms. The van der Waals surface area contributed by atoms with E-state index in [9.17, 15) is 18.4 Å². The monoisotopic (exact) mass is 429 g/mol. The number of halogens is 2. The summed E-state index contributed by atoms with van der Waals surface area (Å²) in [5, 5.41) is 4.90. The van der Waals surface area contributed by atoms with E-state index in [2.05, 4.69) is 14.9 Å². The van der Waals surface area contributed by atoms with Crippen molar-refractivity contribution >= 4 is 22.6 Å². The number of H-pyrrole nitrogens is 1. The highest BCUT2D eigenvalue weighted by molar-refractivity contribution is 5.99. The lowest BCUT2D eigenvalue weighted by Gasteiger charge is -2.25. The fourth-order valence-corrected chi connectivity index (χ4v) is 4.17. The zero-order chi connectivity index (χ0) is 21.6. The summed E-state index contributed by atoms with van der Waals surface area (Å²) in [6.45, 7) is -2.33. The van der Waals surface area contributed by atoms with Crippen LogP contribution in [-0.2, 0) is 17.7 Å². The molecule has 1 fully saturated rings. The Morgan fingerprint density at radius 1 is 1.29 bits per heavy atom. The van der Waals surface area contributed by atoms with Gasteiger partial charge in [-0.15, -0.1) is 0 Å². The molecule has 2 aliphatic rings. The Bertz CT molecular complexity index is 1120. The van der Waals surface area contributed by atoms with Crippen LogP contribution in [0, 0.1) is 5.41 Å². The molecular weight excluding hydrogens is 408 g/mol. The van der Waals surface area contributed by atoms with E-state index in [4.69, 9.17) is 4.52 Å². The van der Waals surface area contributed by atoms with Crippen LogP contribution in [0.15, 0.2) is 34.9 Å². The van der Waals surface area contributed by atoms with E-state index in [1.165, 1.54) is 0 Å². The van der Waals surface area contributed by atoms with E-state index in [0.29, 0.717) is 42.8 Å². The van der Waals surface area contributed by atoms with Gasteiger partial charge in [0.05, 0.1) is 13.2 Å². The van der Waals surface area contributed by atoms with E-state index in [0.717, 1.165) is 10.9 Å². The summed E-state index contributed by atoms with van der Waals surface area (Å²) < 4.78 is 34.6. The second kappa shape index (κ2) is 7.56. The first-order valence-corrected chi connectivity index (χ1v) is 10.2. The minimum Gasteiger partial charge on any atom is -0.360 e. The molecule has 3 heterocycles. The van der Waals surface area contributed by atoms with Gasteiger partial charge in [0.25, 0.3) is 5.91 Å². The van der Waals surface area contributed by atoms with Crippen molar-refractivity contribution < 1.29 is 27.6 Å². The minimum atomic E-state index is -2.85. The number of fused-ring (bicyclic) bond motifs is 2. The number of carbonyl (C=O) groups is 2. The van der Waals surface area contributed by atoms with Crippen molar-refractivity contribution in [2.24, 2.45) is 5.41 Å². The predicted octanol–water partition coefficient (Wildman–Crippen LogP) is 3.95. The van der Waals surface area contributed by atoms with Crippen LogP contribution in [0.4, 0.5) is 8.78 Å². The number of nitrogens with zero attached hydrogens (tertiary/aromatic N) is 2. The minimum absolute atomic E-state index is 0.0780. The van der Waals surface area contributed by atoms with Gasteiger partial charge in [-0.05, 0) is 25.0 Å². The number of ketones is 1. The Morgan fingerprint density at radius 3 is 2.84 bits per heavy atom. The molecule has 1 aliphatic carbocycles. The molecule has 1 amide bonds. The van der Waals surface area contributed by atoms with Gasteiger partial charge in [0.1, 0.15) is 11.5 Å². The Labute approximate surface area is 176 Å². The van der Waals surface area contributed by atoms with Gasteiger partial charge in [0, 0.05) is 41.3 Å². The summed E-state index contributed by atoms with van der Waals surface area (Å²) in [5.41, 5.74) is 1.60. The summed E-state index contributed by atoms with van der Waals surface area (Å²) in [4.78, 5) is 30.7. The smallest absolute Gasteiger partial charge is 0.345 e. The van der Waals surface area contributed by atoms with Gasteiger partial charge < -0.3 is 19.1 Å². The number of amides is 1. The van der Waals surface area contributed by atoms with Gasteiger partial charge in [-0.2, -0.15) is 8.78 Å². The number of benzene rings is 1. The van der Waals surface area contributed by atoms with Crippen molar-refractivity contribution in [3.63, 3.8) is 0 Å². The normalized spacial score (nSPS) is 17.2. The molecule has 1 aliphatic heterocycles. The maximum absolute atomic E-state index is 13.0. The van der Waals surface area contributed by atoms with Crippen LogP contribution in [0.25, 0.3) is 10.9 Å². The molecule has 7 nitrogen and oxygen atoms in total. The van der Waals surface area contributed by atoms with Crippen LogP contribution >= 0.6 is 0 Å². The highest BCUT2D eigenvalue weighted by Gasteiger charge is 2.46. The molecule has 3 aromatic rings. The molecule has 0 saturated heterocycles. The lowest BCUT2D eigenvalue weighted by atomic mass is 9.95.